The molecule has 1 N–H and O–H groups in total. The van der Waals surface area contributed by atoms with Crippen molar-refractivity contribution in [2.45, 2.75) is 13.3 Å². The molecule has 0 bridgehead atoms. The molecule has 1 rings (SSSR count). The van der Waals surface area contributed by atoms with Crippen LogP contribution in [0.25, 0.3) is 0 Å². The number of amides is 1. The second kappa shape index (κ2) is 7.10. The Morgan fingerprint density at radius 2 is 2.16 bits per heavy atom. The fourth-order valence-corrected chi connectivity index (χ4v) is 1.28. The van der Waals surface area contributed by atoms with E-state index in [4.69, 9.17) is 4.74 Å². The maximum atomic E-state index is 11.6. The normalized spacial score (nSPS) is 9.74. The lowest BCUT2D eigenvalue weighted by Crippen LogP contribution is -2.29. The lowest BCUT2D eigenvalue weighted by molar-refractivity contribution is -0.384. The number of nitrogens with zero attached hydrogens (tertiary/aromatic N) is 1. The van der Waals surface area contributed by atoms with E-state index in [0.29, 0.717) is 6.54 Å². The summed E-state index contributed by atoms with van der Waals surface area (Å²) in [6.07, 6.45) is 0.782. The van der Waals surface area contributed by atoms with Gasteiger partial charge in [-0.25, -0.2) is 4.79 Å². The summed E-state index contributed by atoms with van der Waals surface area (Å²) >= 11 is 0. The molecule has 19 heavy (non-hydrogen) atoms. The first-order valence-corrected chi connectivity index (χ1v) is 5.73. The molecule has 0 spiro atoms. The number of nitro benzene ring substituents is 1. The first-order chi connectivity index (χ1) is 9.04. The molecule has 0 unspecified atom stereocenters. The number of non-ortho nitro benzene ring substituents is 1. The van der Waals surface area contributed by atoms with Crippen molar-refractivity contribution in [3.05, 3.63) is 39.9 Å². The highest BCUT2D eigenvalue weighted by Gasteiger charge is 2.13. The Labute approximate surface area is 109 Å². The van der Waals surface area contributed by atoms with E-state index < -0.39 is 23.4 Å². The third-order valence-corrected chi connectivity index (χ3v) is 2.20. The van der Waals surface area contributed by atoms with Crippen LogP contribution in [0.5, 0.6) is 0 Å². The van der Waals surface area contributed by atoms with Crippen molar-refractivity contribution in [2.75, 3.05) is 13.2 Å². The van der Waals surface area contributed by atoms with Gasteiger partial charge in [0.2, 0.25) is 0 Å². The number of nitro groups is 1. The molecule has 0 aromatic heterocycles. The third kappa shape index (κ3) is 4.74. The summed E-state index contributed by atoms with van der Waals surface area (Å²) < 4.78 is 4.75. The Hall–Kier alpha value is -2.44. The van der Waals surface area contributed by atoms with E-state index in [0.717, 1.165) is 12.5 Å². The van der Waals surface area contributed by atoms with Crippen LogP contribution in [0, 0.1) is 10.1 Å². The Kier molecular flexibility index (Phi) is 5.46. The van der Waals surface area contributed by atoms with Crippen molar-refractivity contribution in [3.63, 3.8) is 0 Å². The standard InChI is InChI=1S/C12H14N2O5/c1-2-6-13-11(15)8-19-12(16)9-4-3-5-10(7-9)14(17)18/h3-5,7H,2,6,8H2,1H3,(H,13,15). The zero-order valence-corrected chi connectivity index (χ0v) is 10.4. The van der Waals surface area contributed by atoms with Crippen LogP contribution in [0.15, 0.2) is 24.3 Å². The van der Waals surface area contributed by atoms with Gasteiger partial charge in [-0.05, 0) is 12.5 Å². The molecule has 0 saturated carbocycles. The largest absolute Gasteiger partial charge is 0.452 e. The maximum absolute atomic E-state index is 11.6. The Morgan fingerprint density at radius 1 is 1.42 bits per heavy atom. The van der Waals surface area contributed by atoms with Crippen LogP contribution in [0.3, 0.4) is 0 Å². The van der Waals surface area contributed by atoms with Gasteiger partial charge in [0.05, 0.1) is 10.5 Å². The van der Waals surface area contributed by atoms with Crippen molar-refractivity contribution < 1.29 is 19.2 Å². The van der Waals surface area contributed by atoms with Crippen LogP contribution in [-0.2, 0) is 9.53 Å². The molecule has 1 amide bonds. The highest BCUT2D eigenvalue weighted by molar-refractivity contribution is 5.91. The monoisotopic (exact) mass is 266 g/mol. The van der Waals surface area contributed by atoms with Crippen molar-refractivity contribution >= 4 is 17.6 Å². The lowest BCUT2D eigenvalue weighted by atomic mass is 10.2. The van der Waals surface area contributed by atoms with Crippen molar-refractivity contribution in [2.24, 2.45) is 0 Å². The van der Waals surface area contributed by atoms with E-state index in [1.807, 2.05) is 6.92 Å². The van der Waals surface area contributed by atoms with Crippen molar-refractivity contribution in [3.8, 4) is 0 Å². The van der Waals surface area contributed by atoms with Crippen molar-refractivity contribution in [1.82, 2.24) is 5.32 Å². The predicted molar refractivity (Wildman–Crippen MR) is 66.7 cm³/mol. The van der Waals surface area contributed by atoms with Crippen LogP contribution >= 0.6 is 0 Å². The summed E-state index contributed by atoms with van der Waals surface area (Å²) in [4.78, 5) is 32.7. The number of carbonyl (C=O) groups excluding carboxylic acids is 2. The highest BCUT2D eigenvalue weighted by Crippen LogP contribution is 2.13. The predicted octanol–water partition coefficient (Wildman–Crippen LogP) is 1.28. The Balaban J connectivity index is 2.56. The van der Waals surface area contributed by atoms with Gasteiger partial charge in [0.15, 0.2) is 6.61 Å². The molecule has 102 valence electrons. The number of benzene rings is 1. The van der Waals surface area contributed by atoms with E-state index in [9.17, 15) is 19.7 Å². The van der Waals surface area contributed by atoms with E-state index in [1.54, 1.807) is 0 Å². The van der Waals surface area contributed by atoms with Gasteiger partial charge >= 0.3 is 5.97 Å². The van der Waals surface area contributed by atoms with Gasteiger partial charge in [0.1, 0.15) is 0 Å². The fraction of sp³-hybridized carbons (Fsp3) is 0.333. The van der Waals surface area contributed by atoms with Gasteiger partial charge in [-0.1, -0.05) is 13.0 Å². The van der Waals surface area contributed by atoms with Gasteiger partial charge < -0.3 is 10.1 Å². The van der Waals surface area contributed by atoms with Gasteiger partial charge in [-0.15, -0.1) is 0 Å². The minimum Gasteiger partial charge on any atom is -0.452 e. The number of hydrogen-bond donors (Lipinski definition) is 1. The number of ether oxygens (including phenoxy) is 1. The number of rotatable bonds is 6. The zero-order valence-electron chi connectivity index (χ0n) is 10.4. The van der Waals surface area contributed by atoms with Gasteiger partial charge in [-0.2, -0.15) is 0 Å². The molecule has 1 aromatic carbocycles. The smallest absolute Gasteiger partial charge is 0.338 e. The topological polar surface area (TPSA) is 98.5 Å². The SMILES string of the molecule is CCCNC(=O)COC(=O)c1cccc([N+](=O)[O-])c1. The minimum absolute atomic E-state index is 0.0393. The summed E-state index contributed by atoms with van der Waals surface area (Å²) in [6, 6.07) is 5.14. The average Bonchev–Trinajstić information content (AvgIpc) is 2.42. The van der Waals surface area contributed by atoms with Gasteiger partial charge in [-0.3, -0.25) is 14.9 Å². The molecule has 1 aromatic rings. The molecule has 7 heteroatoms. The molecule has 0 heterocycles. The first-order valence-electron chi connectivity index (χ1n) is 5.73. The molecule has 0 aliphatic heterocycles. The fourth-order valence-electron chi connectivity index (χ4n) is 1.28. The summed E-state index contributed by atoms with van der Waals surface area (Å²) in [6.45, 7) is 2.00. The van der Waals surface area contributed by atoms with E-state index in [1.165, 1.54) is 18.2 Å². The quantitative estimate of drug-likeness (QED) is 0.475. The number of nitrogens with one attached hydrogen (secondary N) is 1. The molecule has 0 saturated heterocycles. The lowest BCUT2D eigenvalue weighted by Gasteiger charge is -2.05. The number of esters is 1. The zero-order chi connectivity index (χ0) is 14.3. The Bertz CT molecular complexity index is 487. The number of carbonyl (C=O) groups is 2. The summed E-state index contributed by atoms with van der Waals surface area (Å²) in [5.74, 6) is -1.17. The first kappa shape index (κ1) is 14.6. The molecular weight excluding hydrogens is 252 g/mol. The van der Waals surface area contributed by atoms with E-state index in [2.05, 4.69) is 5.32 Å². The molecule has 7 nitrogen and oxygen atoms in total. The molecule has 0 atom stereocenters. The highest BCUT2D eigenvalue weighted by atomic mass is 16.6. The molecule has 0 aliphatic carbocycles. The number of hydrogen-bond acceptors (Lipinski definition) is 5. The van der Waals surface area contributed by atoms with Gasteiger partial charge in [0.25, 0.3) is 11.6 Å². The second-order valence-corrected chi connectivity index (χ2v) is 3.73. The summed E-state index contributed by atoms with van der Waals surface area (Å²) in [5.41, 5.74) is -0.164. The van der Waals surface area contributed by atoms with Crippen LogP contribution < -0.4 is 5.32 Å². The van der Waals surface area contributed by atoms with Crippen molar-refractivity contribution in [1.29, 1.82) is 0 Å². The molecule has 0 radical (unpaired) electrons. The van der Waals surface area contributed by atoms with E-state index >= 15 is 0 Å². The van der Waals surface area contributed by atoms with Gasteiger partial charge in [0, 0.05) is 18.7 Å². The van der Waals surface area contributed by atoms with Crippen LogP contribution in [0.2, 0.25) is 0 Å². The van der Waals surface area contributed by atoms with Crippen LogP contribution in [-0.4, -0.2) is 30.0 Å². The van der Waals surface area contributed by atoms with Crippen LogP contribution in [0.1, 0.15) is 23.7 Å². The van der Waals surface area contributed by atoms with Crippen LogP contribution in [0.4, 0.5) is 5.69 Å². The molecule has 0 aliphatic rings. The molecular formula is C12H14N2O5. The second-order valence-electron chi connectivity index (χ2n) is 3.73. The van der Waals surface area contributed by atoms with E-state index in [-0.39, 0.29) is 11.3 Å². The minimum atomic E-state index is -0.768. The maximum Gasteiger partial charge on any atom is 0.338 e. The Morgan fingerprint density at radius 3 is 2.79 bits per heavy atom. The summed E-state index contributed by atoms with van der Waals surface area (Å²) in [5, 5.41) is 13.1. The third-order valence-electron chi connectivity index (χ3n) is 2.20. The average molecular weight is 266 g/mol. The molecule has 0 fully saturated rings. The summed E-state index contributed by atoms with van der Waals surface area (Å²) in [7, 11) is 0.